The van der Waals surface area contributed by atoms with Crippen molar-refractivity contribution in [2.45, 2.75) is 11.2 Å². The molecule has 4 N–H and O–H groups in total. The highest BCUT2D eigenvalue weighted by atomic mass is 35.7. The summed E-state index contributed by atoms with van der Waals surface area (Å²) in [6.07, 6.45) is -1.53. The number of nitrogens with two attached hydrogens (primary N) is 2. The van der Waals surface area contributed by atoms with Crippen molar-refractivity contribution in [2.24, 2.45) is 11.5 Å². The van der Waals surface area contributed by atoms with Gasteiger partial charge in [-0.1, -0.05) is 0 Å². The van der Waals surface area contributed by atoms with Crippen LogP contribution in [0.15, 0.2) is 29.2 Å². The molecule has 0 aromatic heterocycles. The van der Waals surface area contributed by atoms with Crippen LogP contribution in [0.3, 0.4) is 0 Å². The van der Waals surface area contributed by atoms with E-state index in [-0.39, 0.29) is 10.6 Å². The van der Waals surface area contributed by atoms with Crippen LogP contribution >= 0.6 is 10.7 Å². The third-order valence-electron chi connectivity index (χ3n) is 1.96. The molecule has 0 aliphatic heterocycles. The number of amides is 2. The van der Waals surface area contributed by atoms with Crippen LogP contribution in [0.25, 0.3) is 0 Å². The Morgan fingerprint density at radius 3 is 2.15 bits per heavy atom. The molecule has 1 unspecified atom stereocenters. The Balaban J connectivity index is 2.79. The van der Waals surface area contributed by atoms with Crippen LogP contribution in [-0.2, 0) is 23.4 Å². The van der Waals surface area contributed by atoms with Crippen molar-refractivity contribution in [3.8, 4) is 5.75 Å². The Morgan fingerprint density at radius 2 is 1.75 bits per heavy atom. The van der Waals surface area contributed by atoms with Gasteiger partial charge in [0.2, 0.25) is 5.91 Å². The van der Waals surface area contributed by atoms with Gasteiger partial charge in [0.15, 0.2) is 0 Å². The summed E-state index contributed by atoms with van der Waals surface area (Å²) >= 11 is 0. The van der Waals surface area contributed by atoms with Crippen LogP contribution in [0.2, 0.25) is 0 Å². The molecular weight excluding hydrogens is 312 g/mol. The molecule has 0 aliphatic carbocycles. The maximum absolute atomic E-state index is 11.0. The number of hydrogen-bond donors (Lipinski definition) is 2. The molecule has 0 saturated heterocycles. The Bertz CT molecular complexity index is 601. The van der Waals surface area contributed by atoms with Crippen LogP contribution in [0, 0.1) is 0 Å². The van der Waals surface area contributed by atoms with Gasteiger partial charge in [-0.25, -0.2) is 8.42 Å². The van der Waals surface area contributed by atoms with Crippen molar-refractivity contribution in [1.29, 1.82) is 0 Å². The molecular formula is C10H11ClN2O6S. The molecule has 1 aromatic carbocycles. The number of hydrogen-bond acceptors (Lipinski definition) is 6. The lowest BCUT2D eigenvalue weighted by molar-refractivity contribution is -0.153. The smallest absolute Gasteiger partial charge is 0.287 e. The van der Waals surface area contributed by atoms with Gasteiger partial charge >= 0.3 is 0 Å². The number of benzene rings is 1. The Morgan fingerprint density at radius 1 is 1.20 bits per heavy atom. The zero-order valence-corrected chi connectivity index (χ0v) is 11.6. The standard InChI is InChI=1S/C10H11ClN2O6S/c11-20(16,17)7-3-1-6(2-4-7)19-10(9(13)15)18-5-8(12)14/h1-4,10H,5H2,(H2,12,14)(H2,13,15). The van der Waals surface area contributed by atoms with Crippen molar-refractivity contribution in [1.82, 2.24) is 0 Å². The van der Waals surface area contributed by atoms with Crippen LogP contribution < -0.4 is 16.2 Å². The van der Waals surface area contributed by atoms with Crippen molar-refractivity contribution < 1.29 is 27.5 Å². The number of primary amides is 2. The molecule has 0 aliphatic rings. The maximum Gasteiger partial charge on any atom is 0.287 e. The highest BCUT2D eigenvalue weighted by Crippen LogP contribution is 2.20. The molecule has 8 nitrogen and oxygen atoms in total. The summed E-state index contributed by atoms with van der Waals surface area (Å²) in [6, 6.07) is 4.84. The third-order valence-corrected chi connectivity index (χ3v) is 3.33. The van der Waals surface area contributed by atoms with E-state index >= 15 is 0 Å². The minimum absolute atomic E-state index is 0.0994. The average molecular weight is 323 g/mol. The molecule has 110 valence electrons. The number of carbonyl (C=O) groups excluding carboxylic acids is 2. The Labute approximate surface area is 119 Å². The fraction of sp³-hybridized carbons (Fsp3) is 0.200. The monoisotopic (exact) mass is 322 g/mol. The van der Waals surface area contributed by atoms with Gasteiger partial charge in [-0.15, -0.1) is 0 Å². The van der Waals surface area contributed by atoms with Crippen molar-refractivity contribution >= 4 is 31.5 Å². The molecule has 1 aromatic rings. The lowest BCUT2D eigenvalue weighted by Gasteiger charge is -2.15. The summed E-state index contributed by atoms with van der Waals surface area (Å²) in [5.74, 6) is -1.67. The summed E-state index contributed by atoms with van der Waals surface area (Å²) < 4.78 is 31.9. The second-order valence-electron chi connectivity index (χ2n) is 3.54. The SMILES string of the molecule is NC(=O)COC(Oc1ccc(S(=O)(=O)Cl)cc1)C(N)=O. The molecule has 10 heteroatoms. The van der Waals surface area contributed by atoms with Gasteiger partial charge in [0, 0.05) is 10.7 Å². The van der Waals surface area contributed by atoms with Gasteiger partial charge in [0.25, 0.3) is 21.2 Å². The van der Waals surface area contributed by atoms with Gasteiger partial charge < -0.3 is 20.9 Å². The number of halogens is 1. The van der Waals surface area contributed by atoms with Crippen molar-refractivity contribution in [3.63, 3.8) is 0 Å². The number of rotatable bonds is 7. The lowest BCUT2D eigenvalue weighted by atomic mass is 10.3. The third kappa shape index (κ3) is 5.03. The summed E-state index contributed by atoms with van der Waals surface area (Å²) in [5.41, 5.74) is 9.86. The lowest BCUT2D eigenvalue weighted by Crippen LogP contribution is -2.38. The van der Waals surface area contributed by atoms with E-state index in [0.29, 0.717) is 0 Å². The van der Waals surface area contributed by atoms with Gasteiger partial charge in [-0.2, -0.15) is 0 Å². The summed E-state index contributed by atoms with van der Waals surface area (Å²) in [6.45, 7) is -0.554. The van der Waals surface area contributed by atoms with E-state index in [1.165, 1.54) is 24.3 Å². The van der Waals surface area contributed by atoms with Crippen molar-refractivity contribution in [2.75, 3.05) is 6.61 Å². The highest BCUT2D eigenvalue weighted by Gasteiger charge is 2.19. The second kappa shape index (κ2) is 6.55. The average Bonchev–Trinajstić information content (AvgIpc) is 2.33. The first kappa shape index (κ1) is 16.2. The maximum atomic E-state index is 11.0. The molecule has 2 amide bonds. The molecule has 20 heavy (non-hydrogen) atoms. The van der Waals surface area contributed by atoms with Crippen LogP contribution in [0.5, 0.6) is 5.75 Å². The minimum Gasteiger partial charge on any atom is -0.455 e. The second-order valence-corrected chi connectivity index (χ2v) is 6.10. The van der Waals surface area contributed by atoms with E-state index in [9.17, 15) is 18.0 Å². The fourth-order valence-corrected chi connectivity index (χ4v) is 1.91. The normalized spacial score (nSPS) is 12.7. The van der Waals surface area contributed by atoms with Crippen LogP contribution in [0.4, 0.5) is 0 Å². The van der Waals surface area contributed by atoms with E-state index in [4.69, 9.17) is 31.6 Å². The topological polar surface area (TPSA) is 139 Å². The Hall–Kier alpha value is -1.84. The first-order valence-corrected chi connectivity index (χ1v) is 7.41. The number of carbonyl (C=O) groups is 2. The molecule has 1 atom stereocenters. The highest BCUT2D eigenvalue weighted by molar-refractivity contribution is 8.13. The van der Waals surface area contributed by atoms with Crippen LogP contribution in [-0.4, -0.2) is 33.1 Å². The molecule has 0 fully saturated rings. The first-order chi connectivity index (χ1) is 9.20. The molecule has 0 heterocycles. The molecule has 0 bridgehead atoms. The number of ether oxygens (including phenoxy) is 2. The van der Waals surface area contributed by atoms with Gasteiger partial charge in [-0.05, 0) is 24.3 Å². The minimum atomic E-state index is -3.85. The van der Waals surface area contributed by atoms with E-state index in [2.05, 4.69) is 0 Å². The van der Waals surface area contributed by atoms with Crippen LogP contribution in [0.1, 0.15) is 0 Å². The summed E-state index contributed by atoms with van der Waals surface area (Å²) in [5, 5.41) is 0. The molecule has 0 saturated carbocycles. The van der Waals surface area contributed by atoms with E-state index in [1.807, 2.05) is 0 Å². The predicted octanol–water partition coefficient (Wildman–Crippen LogP) is -0.694. The van der Waals surface area contributed by atoms with Gasteiger partial charge in [0.1, 0.15) is 12.4 Å². The fourth-order valence-electron chi connectivity index (χ4n) is 1.14. The zero-order chi connectivity index (χ0) is 15.3. The van der Waals surface area contributed by atoms with E-state index < -0.39 is 33.8 Å². The molecule has 0 radical (unpaired) electrons. The van der Waals surface area contributed by atoms with Crippen molar-refractivity contribution in [3.05, 3.63) is 24.3 Å². The summed E-state index contributed by atoms with van der Waals surface area (Å²) in [4.78, 5) is 21.4. The predicted molar refractivity (Wildman–Crippen MR) is 68.2 cm³/mol. The summed E-state index contributed by atoms with van der Waals surface area (Å²) in [7, 11) is 1.28. The van der Waals surface area contributed by atoms with E-state index in [1.54, 1.807) is 0 Å². The largest absolute Gasteiger partial charge is 0.455 e. The quantitative estimate of drug-likeness (QED) is 0.503. The molecule has 0 spiro atoms. The Kier molecular flexibility index (Phi) is 5.31. The van der Waals surface area contributed by atoms with Gasteiger partial charge in [-0.3, -0.25) is 9.59 Å². The zero-order valence-electron chi connectivity index (χ0n) is 9.98. The van der Waals surface area contributed by atoms with Gasteiger partial charge in [0.05, 0.1) is 4.90 Å². The van der Waals surface area contributed by atoms with E-state index in [0.717, 1.165) is 0 Å². The molecule has 1 rings (SSSR count). The first-order valence-electron chi connectivity index (χ1n) is 5.11.